The highest BCUT2D eigenvalue weighted by atomic mass is 32.1. The molecule has 2 rings (SSSR count). The summed E-state index contributed by atoms with van der Waals surface area (Å²) in [5.74, 6) is -0.118. The molecule has 5 heteroatoms. The van der Waals surface area contributed by atoms with Gasteiger partial charge in [-0.2, -0.15) is 0 Å². The molecule has 1 fully saturated rings. The number of aliphatic hydroxyl groups is 1. The molecular formula is C11H15NO3S. The van der Waals surface area contributed by atoms with Crippen molar-refractivity contribution in [2.24, 2.45) is 0 Å². The molecule has 0 spiro atoms. The van der Waals surface area contributed by atoms with E-state index in [9.17, 15) is 9.90 Å². The van der Waals surface area contributed by atoms with Crippen molar-refractivity contribution in [3.63, 3.8) is 0 Å². The van der Waals surface area contributed by atoms with Crippen molar-refractivity contribution in [1.82, 2.24) is 5.32 Å². The van der Waals surface area contributed by atoms with Gasteiger partial charge in [-0.25, -0.2) is 0 Å². The van der Waals surface area contributed by atoms with Gasteiger partial charge < -0.3 is 15.2 Å². The Hall–Kier alpha value is -0.910. The third kappa shape index (κ3) is 2.42. The molecule has 4 nitrogen and oxygen atoms in total. The van der Waals surface area contributed by atoms with Crippen LogP contribution in [0.15, 0.2) is 11.4 Å². The van der Waals surface area contributed by atoms with Gasteiger partial charge in [-0.1, -0.05) is 0 Å². The van der Waals surface area contributed by atoms with Gasteiger partial charge in [0.25, 0.3) is 5.91 Å². The van der Waals surface area contributed by atoms with E-state index >= 15 is 0 Å². The second-order valence-corrected chi connectivity index (χ2v) is 5.06. The van der Waals surface area contributed by atoms with E-state index in [1.165, 1.54) is 11.3 Å². The maximum Gasteiger partial charge on any atom is 0.261 e. The van der Waals surface area contributed by atoms with Crippen LogP contribution in [0.4, 0.5) is 0 Å². The minimum Gasteiger partial charge on any atom is -0.386 e. The van der Waals surface area contributed by atoms with Crippen LogP contribution in [0.3, 0.4) is 0 Å². The fourth-order valence-corrected chi connectivity index (χ4v) is 2.51. The number of hydrogen-bond acceptors (Lipinski definition) is 4. The third-order valence-corrected chi connectivity index (χ3v) is 3.74. The molecule has 2 heterocycles. The van der Waals surface area contributed by atoms with E-state index in [4.69, 9.17) is 4.74 Å². The van der Waals surface area contributed by atoms with Crippen molar-refractivity contribution >= 4 is 17.2 Å². The molecule has 88 valence electrons. The largest absolute Gasteiger partial charge is 0.386 e. The number of thiophene rings is 1. The Morgan fingerprint density at radius 3 is 3.12 bits per heavy atom. The Labute approximate surface area is 98.2 Å². The van der Waals surface area contributed by atoms with Gasteiger partial charge in [0.05, 0.1) is 11.5 Å². The van der Waals surface area contributed by atoms with Crippen LogP contribution in [0.2, 0.25) is 0 Å². The van der Waals surface area contributed by atoms with Crippen molar-refractivity contribution in [3.8, 4) is 0 Å². The highest BCUT2D eigenvalue weighted by molar-refractivity contribution is 7.12. The summed E-state index contributed by atoms with van der Waals surface area (Å²) < 4.78 is 5.11. The molecule has 1 unspecified atom stereocenters. The van der Waals surface area contributed by atoms with Crippen molar-refractivity contribution in [2.75, 3.05) is 19.8 Å². The SMILES string of the molecule is Cc1ccsc1C(=O)NCC1(O)CCOC1. The standard InChI is InChI=1S/C11H15NO3S/c1-8-2-5-16-9(8)10(13)12-6-11(14)3-4-15-7-11/h2,5,14H,3-4,6-7H2,1H3,(H,12,13). The van der Waals surface area contributed by atoms with E-state index in [-0.39, 0.29) is 12.5 Å². The van der Waals surface area contributed by atoms with E-state index in [0.29, 0.717) is 24.5 Å². The van der Waals surface area contributed by atoms with Crippen LogP contribution in [-0.4, -0.2) is 36.4 Å². The quantitative estimate of drug-likeness (QED) is 0.828. The molecular weight excluding hydrogens is 226 g/mol. The van der Waals surface area contributed by atoms with E-state index in [2.05, 4.69) is 5.32 Å². The first kappa shape index (κ1) is 11.6. The summed E-state index contributed by atoms with van der Waals surface area (Å²) in [7, 11) is 0. The zero-order valence-electron chi connectivity index (χ0n) is 9.16. The minimum atomic E-state index is -0.888. The van der Waals surface area contributed by atoms with Gasteiger partial charge >= 0.3 is 0 Å². The smallest absolute Gasteiger partial charge is 0.261 e. The fourth-order valence-electron chi connectivity index (χ4n) is 1.67. The minimum absolute atomic E-state index is 0.118. The molecule has 0 aliphatic carbocycles. The summed E-state index contributed by atoms with van der Waals surface area (Å²) >= 11 is 1.41. The van der Waals surface area contributed by atoms with E-state index in [1.54, 1.807) is 0 Å². The zero-order chi connectivity index (χ0) is 11.6. The summed E-state index contributed by atoms with van der Waals surface area (Å²) in [6.45, 7) is 3.02. The van der Waals surface area contributed by atoms with Gasteiger partial charge in [-0.3, -0.25) is 4.79 Å². The van der Waals surface area contributed by atoms with Gasteiger partial charge in [0, 0.05) is 19.6 Å². The molecule has 1 aliphatic rings. The lowest BCUT2D eigenvalue weighted by molar-refractivity contribution is 0.0265. The van der Waals surface area contributed by atoms with E-state index in [0.717, 1.165) is 5.56 Å². The Morgan fingerprint density at radius 1 is 1.75 bits per heavy atom. The molecule has 0 bridgehead atoms. The van der Waals surface area contributed by atoms with Gasteiger partial charge in [0.2, 0.25) is 0 Å². The van der Waals surface area contributed by atoms with Crippen molar-refractivity contribution in [2.45, 2.75) is 18.9 Å². The predicted molar refractivity (Wildman–Crippen MR) is 61.8 cm³/mol. The molecule has 0 aromatic carbocycles. The number of carbonyl (C=O) groups excluding carboxylic acids is 1. The first-order chi connectivity index (χ1) is 7.61. The topological polar surface area (TPSA) is 58.6 Å². The zero-order valence-corrected chi connectivity index (χ0v) is 9.97. The van der Waals surface area contributed by atoms with Gasteiger partial charge in [0.15, 0.2) is 0 Å². The molecule has 2 N–H and O–H groups in total. The lowest BCUT2D eigenvalue weighted by Crippen LogP contribution is -2.43. The van der Waals surface area contributed by atoms with Crippen LogP contribution in [-0.2, 0) is 4.74 Å². The highest BCUT2D eigenvalue weighted by Gasteiger charge is 2.32. The van der Waals surface area contributed by atoms with Crippen molar-refractivity contribution in [1.29, 1.82) is 0 Å². The normalized spacial score (nSPS) is 24.6. The molecule has 1 amide bonds. The molecule has 1 aromatic rings. The Bertz CT molecular complexity index is 382. The molecule has 1 aromatic heterocycles. The molecule has 1 atom stereocenters. The van der Waals surface area contributed by atoms with Gasteiger partial charge in [0.1, 0.15) is 5.60 Å². The lowest BCUT2D eigenvalue weighted by Gasteiger charge is -2.20. The Balaban J connectivity index is 1.91. The molecule has 0 radical (unpaired) electrons. The molecule has 16 heavy (non-hydrogen) atoms. The number of amides is 1. The Kier molecular flexibility index (Phi) is 3.28. The van der Waals surface area contributed by atoms with Crippen molar-refractivity contribution in [3.05, 3.63) is 21.9 Å². The first-order valence-corrected chi connectivity index (χ1v) is 6.11. The monoisotopic (exact) mass is 241 g/mol. The highest BCUT2D eigenvalue weighted by Crippen LogP contribution is 2.18. The van der Waals surface area contributed by atoms with Crippen LogP contribution in [0.25, 0.3) is 0 Å². The number of hydrogen-bond donors (Lipinski definition) is 2. The number of nitrogens with one attached hydrogen (secondary N) is 1. The summed E-state index contributed by atoms with van der Waals surface area (Å²) in [4.78, 5) is 12.5. The number of aryl methyl sites for hydroxylation is 1. The van der Waals surface area contributed by atoms with Crippen LogP contribution < -0.4 is 5.32 Å². The fraction of sp³-hybridized carbons (Fsp3) is 0.545. The van der Waals surface area contributed by atoms with Crippen LogP contribution >= 0.6 is 11.3 Å². The summed E-state index contributed by atoms with van der Waals surface area (Å²) in [6.07, 6.45) is 0.580. The molecule has 1 aliphatic heterocycles. The van der Waals surface area contributed by atoms with Crippen LogP contribution in [0, 0.1) is 6.92 Å². The predicted octanol–water partition coefficient (Wildman–Crippen LogP) is 0.938. The summed E-state index contributed by atoms with van der Waals surface area (Å²) in [5, 5.41) is 14.6. The molecule has 1 saturated heterocycles. The summed E-state index contributed by atoms with van der Waals surface area (Å²) in [6, 6.07) is 1.91. The average Bonchev–Trinajstić information content (AvgIpc) is 2.85. The number of rotatable bonds is 3. The number of carbonyl (C=O) groups is 1. The third-order valence-electron chi connectivity index (χ3n) is 2.73. The summed E-state index contributed by atoms with van der Waals surface area (Å²) in [5.41, 5.74) is 0.0815. The van der Waals surface area contributed by atoms with Crippen LogP contribution in [0.1, 0.15) is 21.7 Å². The maximum absolute atomic E-state index is 11.8. The second kappa shape index (κ2) is 4.53. The maximum atomic E-state index is 11.8. The number of ether oxygens (including phenoxy) is 1. The average molecular weight is 241 g/mol. The molecule has 0 saturated carbocycles. The van der Waals surface area contributed by atoms with E-state index < -0.39 is 5.60 Å². The van der Waals surface area contributed by atoms with E-state index in [1.807, 2.05) is 18.4 Å². The van der Waals surface area contributed by atoms with Crippen molar-refractivity contribution < 1.29 is 14.6 Å². The van der Waals surface area contributed by atoms with Gasteiger partial charge in [-0.05, 0) is 23.9 Å². The second-order valence-electron chi connectivity index (χ2n) is 4.14. The Morgan fingerprint density at radius 2 is 2.56 bits per heavy atom. The first-order valence-electron chi connectivity index (χ1n) is 5.23. The lowest BCUT2D eigenvalue weighted by atomic mass is 10.0. The van der Waals surface area contributed by atoms with Gasteiger partial charge in [-0.15, -0.1) is 11.3 Å². The van der Waals surface area contributed by atoms with Crippen LogP contribution in [0.5, 0.6) is 0 Å².